The number of phenolic OH excluding ortho intramolecular Hbond substituents is 1. The Morgan fingerprint density at radius 3 is 2.71 bits per heavy atom. The quantitative estimate of drug-likeness (QED) is 0.545. The van der Waals surface area contributed by atoms with Crippen LogP contribution in [0.5, 0.6) is 5.75 Å². The SMILES string of the molecule is O=C(CSc1nnc(-c2ccc(O)cc2)n1C1CCCCC1)Nc1ncn[nH]1. The van der Waals surface area contributed by atoms with E-state index in [-0.39, 0.29) is 17.4 Å². The second kappa shape index (κ2) is 8.42. The molecule has 2 heterocycles. The summed E-state index contributed by atoms with van der Waals surface area (Å²) in [5, 5.41) is 28.0. The highest BCUT2D eigenvalue weighted by Gasteiger charge is 2.24. The lowest BCUT2D eigenvalue weighted by molar-refractivity contribution is -0.113. The largest absolute Gasteiger partial charge is 0.508 e. The van der Waals surface area contributed by atoms with Gasteiger partial charge in [0.25, 0.3) is 0 Å². The lowest BCUT2D eigenvalue weighted by Gasteiger charge is -2.25. The maximum absolute atomic E-state index is 12.2. The van der Waals surface area contributed by atoms with E-state index in [0.29, 0.717) is 12.0 Å². The number of nitrogens with one attached hydrogen (secondary N) is 2. The van der Waals surface area contributed by atoms with Crippen LogP contribution in [0.25, 0.3) is 11.4 Å². The smallest absolute Gasteiger partial charge is 0.237 e. The zero-order valence-electron chi connectivity index (χ0n) is 15.2. The lowest BCUT2D eigenvalue weighted by Crippen LogP contribution is -2.18. The van der Waals surface area contributed by atoms with Crippen molar-refractivity contribution in [1.29, 1.82) is 0 Å². The Balaban J connectivity index is 1.55. The van der Waals surface area contributed by atoms with Crippen molar-refractivity contribution in [3.63, 3.8) is 0 Å². The molecule has 0 aliphatic heterocycles. The lowest BCUT2D eigenvalue weighted by atomic mass is 9.95. The summed E-state index contributed by atoms with van der Waals surface area (Å²) in [5.74, 6) is 1.31. The highest BCUT2D eigenvalue weighted by molar-refractivity contribution is 7.99. The van der Waals surface area contributed by atoms with E-state index in [1.165, 1.54) is 37.4 Å². The van der Waals surface area contributed by atoms with Gasteiger partial charge in [0.15, 0.2) is 11.0 Å². The summed E-state index contributed by atoms with van der Waals surface area (Å²) >= 11 is 1.36. The van der Waals surface area contributed by atoms with Crippen molar-refractivity contribution in [3.05, 3.63) is 30.6 Å². The fourth-order valence-electron chi connectivity index (χ4n) is 3.42. The Hall–Kier alpha value is -2.88. The van der Waals surface area contributed by atoms with Gasteiger partial charge >= 0.3 is 0 Å². The minimum Gasteiger partial charge on any atom is -0.508 e. The van der Waals surface area contributed by atoms with Gasteiger partial charge in [0.2, 0.25) is 11.9 Å². The summed E-state index contributed by atoms with van der Waals surface area (Å²) in [4.78, 5) is 16.1. The molecule has 3 N–H and O–H groups in total. The molecule has 9 nitrogen and oxygen atoms in total. The highest BCUT2D eigenvalue weighted by Crippen LogP contribution is 2.35. The van der Waals surface area contributed by atoms with E-state index in [1.807, 2.05) is 12.1 Å². The van der Waals surface area contributed by atoms with Crippen molar-refractivity contribution in [2.24, 2.45) is 0 Å². The number of hydrogen-bond donors (Lipinski definition) is 3. The minimum absolute atomic E-state index is 0.189. The number of aromatic hydroxyl groups is 1. The summed E-state index contributed by atoms with van der Waals surface area (Å²) in [6.45, 7) is 0. The molecule has 0 saturated heterocycles. The number of phenols is 1. The van der Waals surface area contributed by atoms with Gasteiger partial charge in [-0.3, -0.25) is 14.7 Å². The molecular formula is C18H21N7O2S. The third kappa shape index (κ3) is 4.16. The molecule has 146 valence electrons. The molecule has 3 aromatic rings. The number of rotatable bonds is 6. The Kier molecular flexibility index (Phi) is 5.56. The minimum atomic E-state index is -0.189. The van der Waals surface area contributed by atoms with Crippen LogP contribution in [0.2, 0.25) is 0 Å². The summed E-state index contributed by atoms with van der Waals surface area (Å²) in [5.41, 5.74) is 0.897. The monoisotopic (exact) mass is 399 g/mol. The van der Waals surface area contributed by atoms with Crippen molar-refractivity contribution in [3.8, 4) is 17.1 Å². The van der Waals surface area contributed by atoms with E-state index in [1.54, 1.807) is 12.1 Å². The van der Waals surface area contributed by atoms with Crippen molar-refractivity contribution in [1.82, 2.24) is 29.9 Å². The second-order valence-electron chi connectivity index (χ2n) is 6.69. The van der Waals surface area contributed by atoms with E-state index >= 15 is 0 Å². The number of aromatic amines is 1. The fourth-order valence-corrected chi connectivity index (χ4v) is 4.22. The van der Waals surface area contributed by atoms with Crippen LogP contribution in [0.4, 0.5) is 5.95 Å². The molecule has 0 spiro atoms. The van der Waals surface area contributed by atoms with Crippen LogP contribution in [0.15, 0.2) is 35.7 Å². The molecule has 2 aromatic heterocycles. The van der Waals surface area contributed by atoms with Gasteiger partial charge in [-0.25, -0.2) is 5.10 Å². The molecule has 1 aliphatic rings. The summed E-state index contributed by atoms with van der Waals surface area (Å²) < 4.78 is 2.15. The number of nitrogens with zero attached hydrogens (tertiary/aromatic N) is 5. The predicted molar refractivity (Wildman–Crippen MR) is 105 cm³/mol. The molecule has 10 heteroatoms. The van der Waals surface area contributed by atoms with Gasteiger partial charge in [-0.15, -0.1) is 10.2 Å². The van der Waals surface area contributed by atoms with E-state index in [9.17, 15) is 9.90 Å². The number of anilines is 1. The number of carbonyl (C=O) groups excluding carboxylic acids is 1. The van der Waals surface area contributed by atoms with E-state index < -0.39 is 0 Å². The van der Waals surface area contributed by atoms with Crippen LogP contribution < -0.4 is 5.32 Å². The highest BCUT2D eigenvalue weighted by atomic mass is 32.2. The molecule has 0 radical (unpaired) electrons. The van der Waals surface area contributed by atoms with Crippen LogP contribution in [-0.4, -0.2) is 46.7 Å². The standard InChI is InChI=1S/C18H21N7O2S/c26-14-8-6-12(7-9-14)16-22-24-18(25(16)13-4-2-1-3-5-13)28-10-15(27)21-17-19-11-20-23-17/h6-9,11,13,26H,1-5,10H2,(H2,19,20,21,23,27). The van der Waals surface area contributed by atoms with Gasteiger partial charge in [0, 0.05) is 11.6 Å². The normalized spacial score (nSPS) is 14.9. The van der Waals surface area contributed by atoms with Gasteiger partial charge < -0.3 is 5.11 Å². The average Bonchev–Trinajstić information content (AvgIpc) is 3.37. The van der Waals surface area contributed by atoms with Crippen LogP contribution in [0, 0.1) is 0 Å². The maximum atomic E-state index is 12.2. The molecule has 1 aromatic carbocycles. The van der Waals surface area contributed by atoms with Gasteiger partial charge in [-0.05, 0) is 37.1 Å². The molecule has 28 heavy (non-hydrogen) atoms. The summed E-state index contributed by atoms with van der Waals surface area (Å²) in [6.07, 6.45) is 7.07. The third-order valence-electron chi connectivity index (χ3n) is 4.74. The molecule has 1 amide bonds. The van der Waals surface area contributed by atoms with Crippen molar-refractivity contribution in [2.45, 2.75) is 43.3 Å². The van der Waals surface area contributed by atoms with E-state index in [4.69, 9.17) is 0 Å². The van der Waals surface area contributed by atoms with Gasteiger partial charge in [0.1, 0.15) is 12.1 Å². The summed E-state index contributed by atoms with van der Waals surface area (Å²) in [6, 6.07) is 7.28. The first kappa shape index (κ1) is 18.5. The van der Waals surface area contributed by atoms with Crippen LogP contribution in [0.1, 0.15) is 38.1 Å². The van der Waals surface area contributed by atoms with Crippen LogP contribution in [0.3, 0.4) is 0 Å². The molecule has 4 rings (SSSR count). The van der Waals surface area contributed by atoms with Gasteiger partial charge in [0.05, 0.1) is 5.75 Å². The number of benzene rings is 1. The van der Waals surface area contributed by atoms with Crippen molar-refractivity contribution >= 4 is 23.6 Å². The third-order valence-corrected chi connectivity index (χ3v) is 5.68. The molecular weight excluding hydrogens is 378 g/mol. The van der Waals surface area contributed by atoms with Crippen molar-refractivity contribution < 1.29 is 9.90 Å². The van der Waals surface area contributed by atoms with Crippen LogP contribution >= 0.6 is 11.8 Å². The number of carbonyl (C=O) groups is 1. The molecule has 0 unspecified atom stereocenters. The van der Waals surface area contributed by atoms with Gasteiger partial charge in [-0.2, -0.15) is 10.1 Å². The molecule has 1 fully saturated rings. The number of thioether (sulfide) groups is 1. The Morgan fingerprint density at radius 2 is 2.00 bits per heavy atom. The summed E-state index contributed by atoms with van der Waals surface area (Å²) in [7, 11) is 0. The van der Waals surface area contributed by atoms with Crippen LogP contribution in [-0.2, 0) is 4.79 Å². The molecule has 0 atom stereocenters. The number of H-pyrrole nitrogens is 1. The zero-order chi connectivity index (χ0) is 19.3. The predicted octanol–water partition coefficient (Wildman–Crippen LogP) is 3.00. The van der Waals surface area contributed by atoms with Crippen molar-refractivity contribution in [2.75, 3.05) is 11.1 Å². The first-order chi connectivity index (χ1) is 13.7. The second-order valence-corrected chi connectivity index (χ2v) is 7.63. The number of amides is 1. The Bertz CT molecular complexity index is 918. The first-order valence-electron chi connectivity index (χ1n) is 9.23. The molecule has 0 bridgehead atoms. The van der Waals surface area contributed by atoms with E-state index in [0.717, 1.165) is 29.4 Å². The first-order valence-corrected chi connectivity index (χ1v) is 10.2. The number of aromatic nitrogens is 6. The Morgan fingerprint density at radius 1 is 1.21 bits per heavy atom. The fraction of sp³-hybridized carbons (Fsp3) is 0.389. The zero-order valence-corrected chi connectivity index (χ0v) is 16.0. The van der Waals surface area contributed by atoms with Gasteiger partial charge in [-0.1, -0.05) is 31.0 Å². The topological polar surface area (TPSA) is 122 Å². The molecule has 1 aliphatic carbocycles. The molecule has 1 saturated carbocycles. The van der Waals surface area contributed by atoms with E-state index in [2.05, 4.69) is 35.3 Å². The maximum Gasteiger partial charge on any atom is 0.237 e. The number of hydrogen-bond acceptors (Lipinski definition) is 7. The Labute approximate surface area is 166 Å². The average molecular weight is 399 g/mol.